The summed E-state index contributed by atoms with van der Waals surface area (Å²) in [5.41, 5.74) is 5.02. The molecule has 0 unspecified atom stereocenters. The second kappa shape index (κ2) is 9.73. The Balaban J connectivity index is 1.56. The zero-order valence-electron chi connectivity index (χ0n) is 19.7. The summed E-state index contributed by atoms with van der Waals surface area (Å²) in [4.78, 5) is 30.3. The molecular formula is C26H27ClN4O3. The number of halogens is 1. The van der Waals surface area contributed by atoms with Crippen molar-refractivity contribution in [3.8, 4) is 11.4 Å². The van der Waals surface area contributed by atoms with Gasteiger partial charge in [-0.25, -0.2) is 4.98 Å². The number of ether oxygens (including phenoxy) is 1. The molecular weight excluding hydrogens is 452 g/mol. The molecule has 1 N–H and O–H groups in total. The summed E-state index contributed by atoms with van der Waals surface area (Å²) in [6, 6.07) is 13.2. The van der Waals surface area contributed by atoms with Gasteiger partial charge in [0.25, 0.3) is 5.56 Å². The number of nitrogens with zero attached hydrogens (tertiary/aromatic N) is 3. The van der Waals surface area contributed by atoms with Crippen molar-refractivity contribution in [3.63, 3.8) is 0 Å². The monoisotopic (exact) mass is 478 g/mol. The van der Waals surface area contributed by atoms with Gasteiger partial charge in [-0.05, 0) is 50.1 Å². The van der Waals surface area contributed by atoms with Crippen molar-refractivity contribution >= 4 is 28.5 Å². The Hall–Kier alpha value is -3.58. The van der Waals surface area contributed by atoms with Crippen LogP contribution in [0.15, 0.2) is 53.6 Å². The summed E-state index contributed by atoms with van der Waals surface area (Å²) in [6.45, 7) is 6.47. The van der Waals surface area contributed by atoms with Gasteiger partial charge in [-0.3, -0.25) is 18.7 Å². The third kappa shape index (κ3) is 4.43. The first-order chi connectivity index (χ1) is 16.3. The van der Waals surface area contributed by atoms with Gasteiger partial charge in [-0.2, -0.15) is 0 Å². The van der Waals surface area contributed by atoms with Gasteiger partial charge in [-0.1, -0.05) is 35.9 Å². The zero-order valence-corrected chi connectivity index (χ0v) is 20.4. The summed E-state index contributed by atoms with van der Waals surface area (Å²) in [7, 11) is 1.60. The topological polar surface area (TPSA) is 78.2 Å². The fourth-order valence-corrected chi connectivity index (χ4v) is 4.28. The van der Waals surface area contributed by atoms with Crippen LogP contribution in [0, 0.1) is 20.8 Å². The standard InChI is InChI=1S/C26H27ClN4O3/c1-16-9-10-20(27)13-21(16)31-18(3)17(2)24-25(31)29-15-30(26(24)33)12-11-23(32)28-14-19-7-5-6-8-22(19)34-4/h5-10,13,15H,11-12,14H2,1-4H3,(H,28,32). The molecule has 8 heteroatoms. The molecule has 2 aromatic heterocycles. The van der Waals surface area contributed by atoms with Gasteiger partial charge < -0.3 is 10.1 Å². The number of para-hydroxylation sites is 1. The van der Waals surface area contributed by atoms with E-state index in [9.17, 15) is 9.59 Å². The first kappa shape index (κ1) is 23.6. The lowest BCUT2D eigenvalue weighted by Gasteiger charge is -2.12. The Labute approximate surface area is 203 Å². The number of rotatable bonds is 7. The van der Waals surface area contributed by atoms with Gasteiger partial charge >= 0.3 is 0 Å². The number of aryl methyl sites for hydroxylation is 3. The maximum absolute atomic E-state index is 13.3. The van der Waals surface area contributed by atoms with Crippen LogP contribution in [0.1, 0.15) is 28.8 Å². The van der Waals surface area contributed by atoms with Crippen molar-refractivity contribution in [1.82, 2.24) is 19.4 Å². The first-order valence-corrected chi connectivity index (χ1v) is 11.4. The van der Waals surface area contributed by atoms with Crippen molar-refractivity contribution in [3.05, 3.63) is 86.6 Å². The molecule has 0 fully saturated rings. The predicted octanol–water partition coefficient (Wildman–Crippen LogP) is 4.48. The quantitative estimate of drug-likeness (QED) is 0.425. The molecule has 0 saturated carbocycles. The SMILES string of the molecule is COc1ccccc1CNC(=O)CCn1cnc2c(c(C)c(C)n2-c2cc(Cl)ccc2C)c1=O. The van der Waals surface area contributed by atoms with E-state index in [1.807, 2.05) is 67.8 Å². The summed E-state index contributed by atoms with van der Waals surface area (Å²) in [6.07, 6.45) is 1.67. The molecule has 176 valence electrons. The largest absolute Gasteiger partial charge is 0.496 e. The van der Waals surface area contributed by atoms with E-state index in [-0.39, 0.29) is 24.4 Å². The highest BCUT2D eigenvalue weighted by atomic mass is 35.5. The van der Waals surface area contributed by atoms with Crippen molar-refractivity contribution < 1.29 is 9.53 Å². The van der Waals surface area contributed by atoms with E-state index in [1.165, 1.54) is 10.9 Å². The molecule has 2 aromatic carbocycles. The molecule has 1 amide bonds. The Morgan fingerprint density at radius 3 is 2.68 bits per heavy atom. The maximum atomic E-state index is 13.3. The highest BCUT2D eigenvalue weighted by Crippen LogP contribution is 2.28. The van der Waals surface area contributed by atoms with Gasteiger partial charge in [0.2, 0.25) is 5.91 Å². The average molecular weight is 479 g/mol. The summed E-state index contributed by atoms with van der Waals surface area (Å²) >= 11 is 6.24. The number of benzene rings is 2. The minimum Gasteiger partial charge on any atom is -0.496 e. The first-order valence-electron chi connectivity index (χ1n) is 11.0. The highest BCUT2D eigenvalue weighted by Gasteiger charge is 2.19. The van der Waals surface area contributed by atoms with Gasteiger partial charge in [0.05, 0.1) is 24.5 Å². The molecule has 2 heterocycles. The average Bonchev–Trinajstić information content (AvgIpc) is 3.09. The van der Waals surface area contributed by atoms with Crippen LogP contribution in [0.4, 0.5) is 0 Å². The third-order valence-electron chi connectivity index (χ3n) is 6.14. The summed E-state index contributed by atoms with van der Waals surface area (Å²) < 4.78 is 8.78. The van der Waals surface area contributed by atoms with Crippen LogP contribution in [0.2, 0.25) is 5.02 Å². The van der Waals surface area contributed by atoms with E-state index >= 15 is 0 Å². The maximum Gasteiger partial charge on any atom is 0.263 e. The van der Waals surface area contributed by atoms with Gasteiger partial charge in [-0.15, -0.1) is 0 Å². The van der Waals surface area contributed by atoms with Crippen LogP contribution in [-0.4, -0.2) is 27.1 Å². The lowest BCUT2D eigenvalue weighted by Crippen LogP contribution is -2.27. The lowest BCUT2D eigenvalue weighted by molar-refractivity contribution is -0.121. The van der Waals surface area contributed by atoms with E-state index in [0.717, 1.165) is 33.8 Å². The fraction of sp³-hybridized carbons (Fsp3) is 0.269. The van der Waals surface area contributed by atoms with E-state index in [1.54, 1.807) is 7.11 Å². The lowest BCUT2D eigenvalue weighted by atomic mass is 10.2. The van der Waals surface area contributed by atoms with Crippen LogP contribution < -0.4 is 15.6 Å². The van der Waals surface area contributed by atoms with Crippen molar-refractivity contribution in [2.24, 2.45) is 0 Å². The van der Waals surface area contributed by atoms with Crippen molar-refractivity contribution in [2.45, 2.75) is 40.3 Å². The minimum atomic E-state index is -0.165. The Bertz CT molecular complexity index is 1440. The van der Waals surface area contributed by atoms with E-state index < -0.39 is 0 Å². The molecule has 4 aromatic rings. The van der Waals surface area contributed by atoms with Crippen LogP contribution in [0.5, 0.6) is 5.75 Å². The molecule has 0 bridgehead atoms. The smallest absolute Gasteiger partial charge is 0.263 e. The molecule has 0 spiro atoms. The number of aromatic nitrogens is 3. The second-order valence-corrected chi connectivity index (χ2v) is 8.69. The van der Waals surface area contributed by atoms with Gasteiger partial charge in [0.1, 0.15) is 5.75 Å². The van der Waals surface area contributed by atoms with E-state index in [4.69, 9.17) is 16.3 Å². The minimum absolute atomic E-state index is 0.155. The number of methoxy groups -OCH3 is 1. The van der Waals surface area contributed by atoms with Gasteiger partial charge in [0, 0.05) is 35.8 Å². The number of carbonyl (C=O) groups is 1. The molecule has 0 aliphatic rings. The Morgan fingerprint density at radius 2 is 1.91 bits per heavy atom. The number of hydrogen-bond acceptors (Lipinski definition) is 4. The van der Waals surface area contributed by atoms with E-state index in [0.29, 0.717) is 22.6 Å². The number of amides is 1. The number of carbonyl (C=O) groups excluding carboxylic acids is 1. The third-order valence-corrected chi connectivity index (χ3v) is 6.38. The molecule has 4 rings (SSSR count). The molecule has 0 saturated heterocycles. The van der Waals surface area contributed by atoms with Crippen LogP contribution in [-0.2, 0) is 17.9 Å². The van der Waals surface area contributed by atoms with Crippen molar-refractivity contribution in [1.29, 1.82) is 0 Å². The second-order valence-electron chi connectivity index (χ2n) is 8.26. The summed E-state index contributed by atoms with van der Waals surface area (Å²) in [5.74, 6) is 0.567. The summed E-state index contributed by atoms with van der Waals surface area (Å²) in [5, 5.41) is 4.05. The number of hydrogen-bond donors (Lipinski definition) is 1. The highest BCUT2D eigenvalue weighted by molar-refractivity contribution is 6.30. The van der Waals surface area contributed by atoms with E-state index in [2.05, 4.69) is 10.3 Å². The molecule has 34 heavy (non-hydrogen) atoms. The zero-order chi connectivity index (χ0) is 24.4. The van der Waals surface area contributed by atoms with Crippen LogP contribution in [0.3, 0.4) is 0 Å². The molecule has 0 aliphatic heterocycles. The predicted molar refractivity (Wildman–Crippen MR) is 134 cm³/mol. The Morgan fingerprint density at radius 1 is 1.15 bits per heavy atom. The number of nitrogens with one attached hydrogen (secondary N) is 1. The van der Waals surface area contributed by atoms with Crippen molar-refractivity contribution in [2.75, 3.05) is 7.11 Å². The fourth-order valence-electron chi connectivity index (χ4n) is 4.12. The van der Waals surface area contributed by atoms with Gasteiger partial charge in [0.15, 0.2) is 5.65 Å². The van der Waals surface area contributed by atoms with Crippen LogP contribution >= 0.6 is 11.6 Å². The molecule has 0 radical (unpaired) electrons. The Kier molecular flexibility index (Phi) is 6.75. The number of fused-ring (bicyclic) bond motifs is 1. The molecule has 0 aliphatic carbocycles. The molecule has 7 nitrogen and oxygen atoms in total. The molecule has 0 atom stereocenters. The normalized spacial score (nSPS) is 11.1. The van der Waals surface area contributed by atoms with Crippen LogP contribution in [0.25, 0.3) is 16.7 Å².